The molecule has 0 aromatic heterocycles. The Hall–Kier alpha value is -2.69. The fraction of sp³-hybridized carbons (Fsp3) is 0.533. The molecule has 2 aromatic rings. The number of amides is 2. The number of aliphatic hydroxyl groups is 1. The number of carbonyl (C=O) groups is 2. The van der Waals surface area contributed by atoms with Crippen LogP contribution in [-0.4, -0.2) is 65.5 Å². The van der Waals surface area contributed by atoms with Crippen LogP contribution in [0.1, 0.15) is 73.0 Å². The molecular formula is C30H34ClF4N3O3. The van der Waals surface area contributed by atoms with Gasteiger partial charge in [-0.1, -0.05) is 31.5 Å². The van der Waals surface area contributed by atoms with Gasteiger partial charge in [0.25, 0.3) is 11.8 Å². The van der Waals surface area contributed by atoms with Crippen molar-refractivity contribution >= 4 is 29.1 Å². The quantitative estimate of drug-likeness (QED) is 0.409. The van der Waals surface area contributed by atoms with Crippen LogP contribution in [0.2, 0.25) is 5.02 Å². The Bertz CT molecular complexity index is 1320. The summed E-state index contributed by atoms with van der Waals surface area (Å²) >= 11 is 6.24. The van der Waals surface area contributed by atoms with E-state index in [1.807, 2.05) is 0 Å². The maximum Gasteiger partial charge on any atom is 0.416 e. The average Bonchev–Trinajstić information content (AvgIpc) is 3.13. The highest BCUT2D eigenvalue weighted by atomic mass is 35.5. The molecule has 2 amide bonds. The van der Waals surface area contributed by atoms with Crippen LogP contribution in [0.3, 0.4) is 0 Å². The highest BCUT2D eigenvalue weighted by Gasteiger charge is 2.58. The number of nitrogens with zero attached hydrogens (tertiary/aromatic N) is 3. The Morgan fingerprint density at radius 3 is 2.34 bits per heavy atom. The predicted octanol–water partition coefficient (Wildman–Crippen LogP) is 5.83. The number of hydrogen-bond donors (Lipinski definition) is 1. The zero-order valence-electron chi connectivity index (χ0n) is 23.1. The number of rotatable bonds is 7. The number of anilines is 1. The zero-order chi connectivity index (χ0) is 29.7. The number of carbonyl (C=O) groups excluding carboxylic acids is 2. The van der Waals surface area contributed by atoms with Crippen LogP contribution >= 0.6 is 11.6 Å². The number of fused-ring (bicyclic) bond motifs is 1. The molecule has 2 aliphatic heterocycles. The lowest BCUT2D eigenvalue weighted by Crippen LogP contribution is -2.50. The minimum Gasteiger partial charge on any atom is -0.372 e. The van der Waals surface area contributed by atoms with Gasteiger partial charge >= 0.3 is 6.18 Å². The molecule has 11 heteroatoms. The Balaban J connectivity index is 1.65. The molecule has 1 saturated heterocycles. The maximum atomic E-state index is 15.2. The van der Waals surface area contributed by atoms with Gasteiger partial charge in [0.15, 0.2) is 0 Å². The second-order valence-electron chi connectivity index (χ2n) is 11.2. The van der Waals surface area contributed by atoms with Crippen molar-refractivity contribution in [1.82, 2.24) is 9.80 Å². The standard InChI is InChI=1S/C30H34ClF4N3O3/c1-3-36(4-2)20-13-18(14-20)17-38-24-16-19(27(39)37-11-6-5-7-12-37)15-21(30(33,34)35)25(24)29(41,28(38)40)26-22(31)9-8-10-23(26)32/h8-10,15-16,18,20,41H,3-7,11-14,17H2,1-2H3/t18-,20-,29?. The van der Waals surface area contributed by atoms with Gasteiger partial charge in [-0.15, -0.1) is 0 Å². The predicted molar refractivity (Wildman–Crippen MR) is 147 cm³/mol. The molecule has 1 aliphatic carbocycles. The number of benzene rings is 2. The molecule has 0 bridgehead atoms. The molecule has 3 aliphatic rings. The van der Waals surface area contributed by atoms with E-state index in [1.165, 1.54) is 23.1 Å². The monoisotopic (exact) mass is 595 g/mol. The molecule has 0 radical (unpaired) electrons. The SMILES string of the molecule is CCN(CC)[C@H]1C[C@H](CN2C(=O)C(O)(c3c(F)cccc3Cl)c3c2cc(C(=O)N2CCCCC2)cc3C(F)(F)F)C1. The van der Waals surface area contributed by atoms with Crippen molar-refractivity contribution in [3.05, 3.63) is 63.4 Å². The van der Waals surface area contributed by atoms with Gasteiger partial charge in [-0.25, -0.2) is 4.39 Å². The van der Waals surface area contributed by atoms with E-state index in [9.17, 15) is 27.9 Å². The first kappa shape index (κ1) is 29.8. The van der Waals surface area contributed by atoms with Crippen LogP contribution in [-0.2, 0) is 16.6 Å². The van der Waals surface area contributed by atoms with E-state index < -0.39 is 46.1 Å². The first-order valence-electron chi connectivity index (χ1n) is 14.2. The minimum absolute atomic E-state index is 0.0244. The lowest BCUT2D eigenvalue weighted by atomic mass is 9.78. The van der Waals surface area contributed by atoms with Gasteiger partial charge in [0.1, 0.15) is 5.82 Å². The largest absolute Gasteiger partial charge is 0.416 e. The summed E-state index contributed by atoms with van der Waals surface area (Å²) in [4.78, 5) is 32.3. The van der Waals surface area contributed by atoms with Gasteiger partial charge in [0, 0.05) is 36.8 Å². The number of alkyl halides is 3. The summed E-state index contributed by atoms with van der Waals surface area (Å²) in [5.74, 6) is -2.84. The molecular weight excluding hydrogens is 562 g/mol. The van der Waals surface area contributed by atoms with Crippen molar-refractivity contribution < 1.29 is 32.3 Å². The summed E-state index contributed by atoms with van der Waals surface area (Å²) < 4.78 is 59.3. The fourth-order valence-electron chi connectivity index (χ4n) is 6.66. The van der Waals surface area contributed by atoms with Crippen LogP contribution in [0.4, 0.5) is 23.2 Å². The molecule has 0 spiro atoms. The Kier molecular flexibility index (Phi) is 8.13. The number of likely N-dealkylation sites (tertiary alicyclic amines) is 1. The Morgan fingerprint density at radius 2 is 1.76 bits per heavy atom. The van der Waals surface area contributed by atoms with E-state index in [2.05, 4.69) is 18.7 Å². The molecule has 1 saturated carbocycles. The minimum atomic E-state index is -5.06. The Morgan fingerprint density at radius 1 is 1.10 bits per heavy atom. The van der Waals surface area contributed by atoms with Gasteiger partial charge in [-0.05, 0) is 75.4 Å². The molecule has 6 nitrogen and oxygen atoms in total. The number of halogens is 5. The second kappa shape index (κ2) is 11.2. The van der Waals surface area contributed by atoms with E-state index in [0.717, 1.165) is 56.2 Å². The van der Waals surface area contributed by atoms with Gasteiger partial charge in [0.05, 0.1) is 21.8 Å². The van der Waals surface area contributed by atoms with Gasteiger partial charge in [0.2, 0.25) is 5.60 Å². The first-order chi connectivity index (χ1) is 19.4. The highest BCUT2D eigenvalue weighted by Crippen LogP contribution is 2.53. The third kappa shape index (κ3) is 5.12. The molecule has 2 fully saturated rings. The van der Waals surface area contributed by atoms with Gasteiger partial charge < -0.3 is 19.8 Å². The third-order valence-corrected chi connectivity index (χ3v) is 9.14. The van der Waals surface area contributed by atoms with Crippen molar-refractivity contribution in [2.75, 3.05) is 37.6 Å². The van der Waals surface area contributed by atoms with Crippen LogP contribution in [0.15, 0.2) is 30.3 Å². The lowest BCUT2D eigenvalue weighted by Gasteiger charge is -2.43. The van der Waals surface area contributed by atoms with Crippen molar-refractivity contribution in [1.29, 1.82) is 0 Å². The first-order valence-corrected chi connectivity index (χ1v) is 14.6. The number of hydrogen-bond acceptors (Lipinski definition) is 4. The Labute approximate surface area is 241 Å². The zero-order valence-corrected chi connectivity index (χ0v) is 23.9. The molecule has 2 aromatic carbocycles. The van der Waals surface area contributed by atoms with Crippen molar-refractivity contribution in [3.63, 3.8) is 0 Å². The van der Waals surface area contributed by atoms with Crippen LogP contribution < -0.4 is 4.90 Å². The summed E-state index contributed by atoms with van der Waals surface area (Å²) in [5, 5.41) is 11.6. The summed E-state index contributed by atoms with van der Waals surface area (Å²) in [6.45, 7) is 6.66. The summed E-state index contributed by atoms with van der Waals surface area (Å²) in [6, 6.07) is 5.60. The van der Waals surface area contributed by atoms with E-state index >= 15 is 4.39 Å². The van der Waals surface area contributed by atoms with Crippen molar-refractivity contribution in [2.45, 2.75) is 63.8 Å². The van der Waals surface area contributed by atoms with E-state index in [0.29, 0.717) is 19.2 Å². The van der Waals surface area contributed by atoms with Gasteiger partial charge in [-0.3, -0.25) is 9.59 Å². The summed E-state index contributed by atoms with van der Waals surface area (Å²) in [6.07, 6.45) is -1.20. The topological polar surface area (TPSA) is 64.1 Å². The van der Waals surface area contributed by atoms with E-state index in [-0.39, 0.29) is 34.8 Å². The molecule has 222 valence electrons. The van der Waals surface area contributed by atoms with Gasteiger partial charge in [-0.2, -0.15) is 13.2 Å². The smallest absolute Gasteiger partial charge is 0.372 e. The molecule has 5 rings (SSSR count). The highest BCUT2D eigenvalue weighted by molar-refractivity contribution is 6.32. The molecule has 2 heterocycles. The molecule has 1 unspecified atom stereocenters. The molecule has 1 atom stereocenters. The van der Waals surface area contributed by atoms with Crippen LogP contribution in [0.5, 0.6) is 0 Å². The van der Waals surface area contributed by atoms with Crippen molar-refractivity contribution in [2.24, 2.45) is 5.92 Å². The summed E-state index contributed by atoms with van der Waals surface area (Å²) in [7, 11) is 0. The molecule has 41 heavy (non-hydrogen) atoms. The van der Waals surface area contributed by atoms with E-state index in [1.54, 1.807) is 0 Å². The summed E-state index contributed by atoms with van der Waals surface area (Å²) in [5.41, 5.74) is -6.38. The van der Waals surface area contributed by atoms with Crippen molar-refractivity contribution in [3.8, 4) is 0 Å². The molecule has 1 N–H and O–H groups in total. The second-order valence-corrected chi connectivity index (χ2v) is 11.6. The maximum absolute atomic E-state index is 15.2. The normalized spacial score (nSPS) is 24.6. The fourth-order valence-corrected chi connectivity index (χ4v) is 6.96. The number of piperidine rings is 1. The van der Waals surface area contributed by atoms with E-state index in [4.69, 9.17) is 11.6 Å². The van der Waals surface area contributed by atoms with Crippen LogP contribution in [0.25, 0.3) is 0 Å². The average molecular weight is 596 g/mol. The van der Waals surface area contributed by atoms with Crippen LogP contribution in [0, 0.1) is 11.7 Å². The third-order valence-electron chi connectivity index (χ3n) is 8.83. The lowest BCUT2D eigenvalue weighted by molar-refractivity contribution is -0.142.